The van der Waals surface area contributed by atoms with E-state index in [1.807, 2.05) is 73.8 Å². The molecule has 33 heteroatoms. The summed E-state index contributed by atoms with van der Waals surface area (Å²) in [6.07, 6.45) is -1.47. The first-order chi connectivity index (χ1) is 44.0. The molecule has 93 heavy (non-hydrogen) atoms. The number of nitrogens with two attached hydrogens (primary N) is 1. The van der Waals surface area contributed by atoms with E-state index >= 15 is 0 Å². The maximum atomic E-state index is 14.5. The molecule has 26 nitrogen and oxygen atoms in total. The number of amides is 6. The van der Waals surface area contributed by atoms with Gasteiger partial charge in [-0.15, -0.1) is 22.7 Å². The molecule has 9 N–H and O–H groups in total. The number of alkyl carbamates (subject to hydrolysis) is 1. The van der Waals surface area contributed by atoms with Crippen LogP contribution < -0.4 is 41.2 Å². The van der Waals surface area contributed by atoms with Gasteiger partial charge in [0.05, 0.1) is 19.3 Å². The van der Waals surface area contributed by atoms with E-state index in [1.54, 1.807) is 12.3 Å². The van der Waals surface area contributed by atoms with Gasteiger partial charge in [-0.05, 0) is 51.4 Å². The molecule has 4 aromatic heterocycles. The zero-order valence-electron chi connectivity index (χ0n) is 52.6. The molecule has 2 aromatic carbocycles. The van der Waals surface area contributed by atoms with E-state index in [4.69, 9.17) is 39.6 Å². The van der Waals surface area contributed by atoms with Crippen LogP contribution in [0.5, 0.6) is 0 Å². The zero-order valence-corrected chi connectivity index (χ0v) is 60.3. The van der Waals surface area contributed by atoms with Crippen molar-refractivity contribution >= 4 is 140 Å². The summed E-state index contributed by atoms with van der Waals surface area (Å²) >= 11 is 3.62. The zero-order chi connectivity index (χ0) is 68.0. The minimum atomic E-state index is -2.44. The van der Waals surface area contributed by atoms with Gasteiger partial charge in [0.1, 0.15) is 46.0 Å². The molecule has 0 aliphatic carbocycles. The number of thiazole rings is 4. The van der Waals surface area contributed by atoms with Crippen molar-refractivity contribution in [3.05, 3.63) is 148 Å². The maximum absolute atomic E-state index is 14.5. The first-order valence-electron chi connectivity index (χ1n) is 29.1. The van der Waals surface area contributed by atoms with E-state index in [0.29, 0.717) is 5.71 Å². The van der Waals surface area contributed by atoms with Crippen LogP contribution >= 0.6 is 45.3 Å². The third-order valence-electron chi connectivity index (χ3n) is 15.4. The SMILES string of the molecule is C=CCOC(=O)N[C@@H](C)C(=O)N[C@H](c1csc([C@@H](NC(=O)c2csc([C@@H](N=[N+]=[N-])[C@](C)(O)[C@@H](C)O[Si](C)(C)C(C)(C)C)n2)[C@@H](C)O)n1)[C@@]1(c2nc(C(=O)OC)cs2)CCC(c2nc(C(=O)N[C@@H](C[Se]c3ccccc3)C(=O)N[C@@H](C[Se]c3ccccc3)C(N)=O)cs2)=N1. The Labute approximate surface area is 567 Å². The fourth-order valence-electron chi connectivity index (χ4n) is 9.01. The third kappa shape index (κ3) is 18.6. The van der Waals surface area contributed by atoms with Crippen LogP contribution in [0.25, 0.3) is 10.4 Å². The fraction of sp³-hybridized carbons (Fsp3) is 0.433. The van der Waals surface area contributed by atoms with Crippen molar-refractivity contribution in [1.29, 1.82) is 0 Å². The monoisotopic (exact) mass is 1500 g/mol. The van der Waals surface area contributed by atoms with E-state index in [0.717, 1.165) is 54.3 Å². The molecular formula is C60H74N14O12S4Se2Si. The molecule has 7 rings (SSSR count). The molecule has 6 aromatic rings. The number of esters is 1. The topological polar surface area (TPSA) is 386 Å². The molecule has 0 unspecified atom stereocenters. The molecule has 0 saturated carbocycles. The van der Waals surface area contributed by atoms with Crippen molar-refractivity contribution in [3.8, 4) is 0 Å². The number of ether oxygens (including phenoxy) is 2. The van der Waals surface area contributed by atoms with Gasteiger partial charge >= 0.3 is 283 Å². The Balaban J connectivity index is 1.22. The van der Waals surface area contributed by atoms with Crippen molar-refractivity contribution in [2.45, 2.75) is 150 Å². The molecule has 10 atom stereocenters. The number of carbonyl (C=O) groups excluding carboxylic acids is 7. The number of methoxy groups -OCH3 is 1. The Bertz CT molecular complexity index is 3730. The van der Waals surface area contributed by atoms with E-state index in [2.05, 4.69) is 68.9 Å². The number of aliphatic hydroxyl groups excluding tert-OH is 1. The summed E-state index contributed by atoms with van der Waals surface area (Å²) in [7, 11) is -1.25. The van der Waals surface area contributed by atoms with Crippen LogP contribution in [0.4, 0.5) is 4.79 Å². The summed E-state index contributed by atoms with van der Waals surface area (Å²) in [5, 5.41) is 48.3. The second-order valence-electron chi connectivity index (χ2n) is 23.2. The van der Waals surface area contributed by atoms with Crippen molar-refractivity contribution < 1.29 is 57.7 Å². The summed E-state index contributed by atoms with van der Waals surface area (Å²) in [6, 6.07) is 11.8. The molecule has 496 valence electrons. The van der Waals surface area contributed by atoms with Crippen LogP contribution in [0.3, 0.4) is 0 Å². The Morgan fingerprint density at radius 1 is 0.796 bits per heavy atom. The predicted molar refractivity (Wildman–Crippen MR) is 360 cm³/mol. The number of hydrogen-bond acceptors (Lipinski definition) is 22. The summed E-state index contributed by atoms with van der Waals surface area (Å²) in [5.74, 6) is -4.27. The van der Waals surface area contributed by atoms with Crippen molar-refractivity contribution in [2.24, 2.45) is 15.8 Å². The number of azide groups is 1. The van der Waals surface area contributed by atoms with Crippen LogP contribution in [0, 0.1) is 0 Å². The normalized spacial score (nSPS) is 17.2. The fourth-order valence-corrected chi connectivity index (χ4v) is 18.2. The molecule has 0 bridgehead atoms. The first kappa shape index (κ1) is 73.3. The van der Waals surface area contributed by atoms with Gasteiger partial charge in [0, 0.05) is 21.1 Å². The number of primary amides is 1. The van der Waals surface area contributed by atoms with Gasteiger partial charge in [-0.1, -0.05) is 38.5 Å². The van der Waals surface area contributed by atoms with Crippen molar-refractivity contribution in [3.63, 3.8) is 0 Å². The van der Waals surface area contributed by atoms with E-state index in [9.17, 15) is 49.3 Å². The Kier molecular flexibility index (Phi) is 25.5. The van der Waals surface area contributed by atoms with Gasteiger partial charge in [-0.3, -0.25) is 9.59 Å². The van der Waals surface area contributed by atoms with Gasteiger partial charge in [-0.25, -0.2) is 19.6 Å². The molecule has 0 spiro atoms. The molecule has 0 radical (unpaired) electrons. The van der Waals surface area contributed by atoms with Crippen LogP contribution in [-0.4, -0.2) is 165 Å². The Morgan fingerprint density at radius 3 is 2.00 bits per heavy atom. The average molecular weight is 1500 g/mol. The second kappa shape index (κ2) is 32.4. The molecule has 1 aliphatic rings. The van der Waals surface area contributed by atoms with Crippen LogP contribution in [0.1, 0.15) is 137 Å². The number of carbonyl (C=O) groups is 7. The number of benzene rings is 2. The van der Waals surface area contributed by atoms with Gasteiger partial charge in [-0.2, -0.15) is 0 Å². The number of rotatable bonds is 31. The van der Waals surface area contributed by atoms with Gasteiger partial charge in [0.25, 0.3) is 5.91 Å². The predicted octanol–water partition coefficient (Wildman–Crippen LogP) is 6.26. The third-order valence-corrected chi connectivity index (χ3v) is 28.4. The van der Waals surface area contributed by atoms with Gasteiger partial charge in [0.2, 0.25) is 5.91 Å². The van der Waals surface area contributed by atoms with Crippen LogP contribution in [-0.2, 0) is 33.8 Å². The number of hydrogen-bond donors (Lipinski definition) is 8. The number of aliphatic imine (C=N–C) groups is 1. The van der Waals surface area contributed by atoms with Gasteiger partial charge < -0.3 is 34.7 Å². The molecule has 5 heterocycles. The first-order valence-corrected chi connectivity index (χ1v) is 39.6. The summed E-state index contributed by atoms with van der Waals surface area (Å²) in [6.45, 7) is 19.7. The van der Waals surface area contributed by atoms with Crippen LogP contribution in [0.2, 0.25) is 28.8 Å². The molecule has 1 aliphatic heterocycles. The van der Waals surface area contributed by atoms with E-state index < -0.39 is 110 Å². The minimum absolute atomic E-state index is 0.0535. The summed E-state index contributed by atoms with van der Waals surface area (Å²) in [5.41, 5.74) is 12.3. The number of nitrogens with one attached hydrogen (secondary N) is 5. The standard InChI is InChI=1S/C60H74N14O12S4Se2Si/c1-12-25-85-57(82)63-32(2)48(77)71-45(38-26-88-53(66-38)44(33(3)75)70-50(79)40-28-89-54(68-40)46(73-74-62)59(8,83)34(4)86-93(10,11)58(5,6)7)60(56-69-41(29-90-56)55(81)84-9)24-23-37(72-60)52-67-39(27-87-52)49(78)65-43(31-92-36-21-17-14-18-22-36)51(80)64-42(47(61)76)30-91-35-19-15-13-16-20-35/h12-22,26-29,32-34,42-46,75,83H,1,23-25,30-31H2,2-11H3,(H2,61,76)(H,63,82)(H,64,80)(H,65,78)(H,70,79)(H,71,77)/t32-,33+,34+,42-,43-,44-,45+,46+,59+,60+/m0/s1. The van der Waals surface area contributed by atoms with Gasteiger partial charge in [0.15, 0.2) is 14.0 Å². The molecular weight excluding hydrogens is 1420 g/mol. The summed E-state index contributed by atoms with van der Waals surface area (Å²) in [4.78, 5) is 123. The molecule has 0 fully saturated rings. The molecule has 6 amide bonds. The number of nitrogens with zero attached hydrogens (tertiary/aromatic N) is 8. The quantitative estimate of drug-likeness (QED) is 0.00594. The summed E-state index contributed by atoms with van der Waals surface area (Å²) < 4.78 is 18.6. The Hall–Kier alpha value is -7.09. The Morgan fingerprint density at radius 2 is 1.40 bits per heavy atom. The van der Waals surface area contributed by atoms with Crippen molar-refractivity contribution in [2.75, 3.05) is 13.7 Å². The molecule has 0 saturated heterocycles. The van der Waals surface area contributed by atoms with E-state index in [-0.39, 0.29) is 108 Å². The van der Waals surface area contributed by atoms with Crippen LogP contribution in [0.15, 0.2) is 105 Å². The number of aromatic nitrogens is 4. The van der Waals surface area contributed by atoms with E-state index in [1.165, 1.54) is 50.1 Å². The second-order valence-corrected chi connectivity index (χ2v) is 36.0. The average Bonchev–Trinajstić information content (AvgIpc) is 1.61. The van der Waals surface area contributed by atoms with Crippen molar-refractivity contribution in [1.82, 2.24) is 46.5 Å². The number of aliphatic hydroxyl groups is 2.